The number of pyridine rings is 1. The van der Waals surface area contributed by atoms with Crippen molar-refractivity contribution in [3.05, 3.63) is 41.6 Å². The van der Waals surface area contributed by atoms with Crippen LogP contribution in [0.25, 0.3) is 10.9 Å². The van der Waals surface area contributed by atoms with Gasteiger partial charge in [-0.2, -0.15) is 0 Å². The van der Waals surface area contributed by atoms with E-state index in [2.05, 4.69) is 4.98 Å². The van der Waals surface area contributed by atoms with E-state index < -0.39 is 0 Å². The first kappa shape index (κ1) is 12.1. The predicted octanol–water partition coefficient (Wildman–Crippen LogP) is 2.49. The van der Waals surface area contributed by atoms with Crippen molar-refractivity contribution >= 4 is 16.9 Å². The lowest BCUT2D eigenvalue weighted by Crippen LogP contribution is -2.18. The van der Waals surface area contributed by atoms with Crippen molar-refractivity contribution in [1.29, 1.82) is 0 Å². The van der Waals surface area contributed by atoms with Gasteiger partial charge in [0.05, 0.1) is 24.3 Å². The quantitative estimate of drug-likeness (QED) is 0.775. The maximum atomic E-state index is 12.3. The van der Waals surface area contributed by atoms with Crippen LogP contribution in [0.4, 0.5) is 0 Å². The van der Waals surface area contributed by atoms with Crippen LogP contribution in [0, 0.1) is 6.92 Å². The molecule has 1 aliphatic heterocycles. The van der Waals surface area contributed by atoms with E-state index in [0.717, 1.165) is 23.0 Å². The number of aryl methyl sites for hydroxylation is 1. The Kier molecular flexibility index (Phi) is 3.17. The molecule has 2 heterocycles. The minimum absolute atomic E-state index is 0.125. The van der Waals surface area contributed by atoms with E-state index in [9.17, 15) is 4.79 Å². The van der Waals surface area contributed by atoms with Crippen LogP contribution in [-0.4, -0.2) is 30.3 Å². The summed E-state index contributed by atoms with van der Waals surface area (Å²) in [6.45, 7) is 3.03. The number of hydrogen-bond acceptors (Lipinski definition) is 4. The van der Waals surface area contributed by atoms with Crippen molar-refractivity contribution < 1.29 is 14.3 Å². The molecule has 0 bridgehead atoms. The van der Waals surface area contributed by atoms with E-state index >= 15 is 0 Å². The number of benzene rings is 1. The topological polar surface area (TPSA) is 48.4 Å². The molecule has 0 aliphatic carbocycles. The zero-order valence-electron chi connectivity index (χ0n) is 10.8. The lowest BCUT2D eigenvalue weighted by atomic mass is 10.1. The summed E-state index contributed by atoms with van der Waals surface area (Å²) in [5, 5.41) is 0.831. The smallest absolute Gasteiger partial charge is 0.339 e. The van der Waals surface area contributed by atoms with Crippen LogP contribution in [0.15, 0.2) is 30.3 Å². The molecule has 0 spiro atoms. The second-order valence-electron chi connectivity index (χ2n) is 4.72. The maximum absolute atomic E-state index is 12.3. The number of nitrogens with zero attached hydrogens (tertiary/aromatic N) is 1. The van der Waals surface area contributed by atoms with E-state index in [1.165, 1.54) is 0 Å². The largest absolute Gasteiger partial charge is 0.456 e. The highest BCUT2D eigenvalue weighted by atomic mass is 16.6. The van der Waals surface area contributed by atoms with Crippen LogP contribution < -0.4 is 0 Å². The summed E-state index contributed by atoms with van der Waals surface area (Å²) in [5.41, 5.74) is 2.21. The Morgan fingerprint density at radius 3 is 3.05 bits per heavy atom. The Balaban J connectivity index is 1.96. The standard InChI is InChI=1S/C15H15NO3/c1-10-8-13(12-4-2-3-5-14(12)16-10)15(17)19-11-6-7-18-9-11/h2-5,8,11H,6-7,9H2,1H3/t11-/m0/s1. The van der Waals surface area contributed by atoms with Gasteiger partial charge in [-0.3, -0.25) is 4.98 Å². The third kappa shape index (κ3) is 2.44. The van der Waals surface area contributed by atoms with Gasteiger partial charge in [0, 0.05) is 17.5 Å². The minimum atomic E-state index is -0.294. The summed E-state index contributed by atoms with van der Waals surface area (Å²) in [6, 6.07) is 9.38. The monoisotopic (exact) mass is 257 g/mol. The van der Waals surface area contributed by atoms with Gasteiger partial charge in [0.1, 0.15) is 6.10 Å². The molecule has 4 heteroatoms. The van der Waals surface area contributed by atoms with Crippen molar-refractivity contribution in [1.82, 2.24) is 4.98 Å². The van der Waals surface area contributed by atoms with Gasteiger partial charge in [-0.05, 0) is 19.1 Å². The SMILES string of the molecule is Cc1cc(C(=O)O[C@H]2CCOC2)c2ccccc2n1. The molecule has 2 aromatic rings. The zero-order valence-corrected chi connectivity index (χ0v) is 10.8. The van der Waals surface area contributed by atoms with E-state index in [-0.39, 0.29) is 12.1 Å². The number of aromatic nitrogens is 1. The fourth-order valence-corrected chi connectivity index (χ4v) is 2.30. The molecule has 1 aromatic heterocycles. The number of carbonyl (C=O) groups excluding carboxylic acids is 1. The summed E-state index contributed by atoms with van der Waals surface area (Å²) in [5.74, 6) is -0.294. The second-order valence-corrected chi connectivity index (χ2v) is 4.72. The van der Waals surface area contributed by atoms with Crippen LogP contribution in [0.5, 0.6) is 0 Å². The van der Waals surface area contributed by atoms with Crippen LogP contribution in [0.2, 0.25) is 0 Å². The average Bonchev–Trinajstić information content (AvgIpc) is 2.90. The molecule has 3 rings (SSSR count). The summed E-state index contributed by atoms with van der Waals surface area (Å²) >= 11 is 0. The van der Waals surface area contributed by atoms with Gasteiger partial charge < -0.3 is 9.47 Å². The van der Waals surface area contributed by atoms with Gasteiger partial charge >= 0.3 is 5.97 Å². The Labute approximate surface area is 111 Å². The molecule has 1 atom stereocenters. The van der Waals surface area contributed by atoms with Crippen molar-refractivity contribution in [3.63, 3.8) is 0 Å². The van der Waals surface area contributed by atoms with E-state index in [0.29, 0.717) is 18.8 Å². The van der Waals surface area contributed by atoms with Crippen LogP contribution >= 0.6 is 0 Å². The first-order valence-corrected chi connectivity index (χ1v) is 6.39. The fraction of sp³-hybridized carbons (Fsp3) is 0.333. The minimum Gasteiger partial charge on any atom is -0.456 e. The summed E-state index contributed by atoms with van der Waals surface area (Å²) in [7, 11) is 0. The van der Waals surface area contributed by atoms with Crippen molar-refractivity contribution in [2.75, 3.05) is 13.2 Å². The first-order valence-electron chi connectivity index (χ1n) is 6.39. The van der Waals surface area contributed by atoms with Gasteiger partial charge in [0.25, 0.3) is 0 Å². The zero-order chi connectivity index (χ0) is 13.2. The van der Waals surface area contributed by atoms with Gasteiger partial charge in [-0.15, -0.1) is 0 Å². The molecule has 1 aromatic carbocycles. The lowest BCUT2D eigenvalue weighted by molar-refractivity contribution is 0.0273. The molecule has 0 N–H and O–H groups in total. The molecule has 0 saturated carbocycles. The number of ether oxygens (including phenoxy) is 2. The predicted molar refractivity (Wildman–Crippen MR) is 71.1 cm³/mol. The van der Waals surface area contributed by atoms with E-state index in [1.807, 2.05) is 31.2 Å². The highest BCUT2D eigenvalue weighted by Gasteiger charge is 2.22. The highest BCUT2D eigenvalue weighted by molar-refractivity contribution is 6.03. The number of carbonyl (C=O) groups is 1. The molecule has 1 aliphatic rings. The van der Waals surface area contributed by atoms with E-state index in [1.54, 1.807) is 6.07 Å². The Morgan fingerprint density at radius 2 is 2.26 bits per heavy atom. The third-order valence-electron chi connectivity index (χ3n) is 3.23. The Bertz CT molecular complexity index is 618. The lowest BCUT2D eigenvalue weighted by Gasteiger charge is -2.12. The number of hydrogen-bond donors (Lipinski definition) is 0. The Hall–Kier alpha value is -1.94. The molecular weight excluding hydrogens is 242 g/mol. The fourth-order valence-electron chi connectivity index (χ4n) is 2.30. The van der Waals surface area contributed by atoms with Crippen molar-refractivity contribution in [2.24, 2.45) is 0 Å². The van der Waals surface area contributed by atoms with Gasteiger partial charge in [0.2, 0.25) is 0 Å². The normalized spacial score (nSPS) is 18.7. The highest BCUT2D eigenvalue weighted by Crippen LogP contribution is 2.20. The Morgan fingerprint density at radius 1 is 1.42 bits per heavy atom. The molecule has 1 fully saturated rings. The number of fused-ring (bicyclic) bond motifs is 1. The number of esters is 1. The maximum Gasteiger partial charge on any atom is 0.339 e. The van der Waals surface area contributed by atoms with Crippen molar-refractivity contribution in [3.8, 4) is 0 Å². The average molecular weight is 257 g/mol. The second kappa shape index (κ2) is 4.97. The van der Waals surface area contributed by atoms with Crippen molar-refractivity contribution in [2.45, 2.75) is 19.4 Å². The van der Waals surface area contributed by atoms with Crippen LogP contribution in [0.1, 0.15) is 22.5 Å². The molecule has 4 nitrogen and oxygen atoms in total. The number of para-hydroxylation sites is 1. The summed E-state index contributed by atoms with van der Waals surface area (Å²) in [4.78, 5) is 16.7. The molecular formula is C15H15NO3. The van der Waals surface area contributed by atoms with Crippen LogP contribution in [-0.2, 0) is 9.47 Å². The molecule has 0 unspecified atom stereocenters. The van der Waals surface area contributed by atoms with Crippen LogP contribution in [0.3, 0.4) is 0 Å². The third-order valence-corrected chi connectivity index (χ3v) is 3.23. The first-order chi connectivity index (χ1) is 9.24. The van der Waals surface area contributed by atoms with Gasteiger partial charge in [-0.1, -0.05) is 18.2 Å². The van der Waals surface area contributed by atoms with E-state index in [4.69, 9.17) is 9.47 Å². The van der Waals surface area contributed by atoms with Gasteiger partial charge in [-0.25, -0.2) is 4.79 Å². The molecule has 0 amide bonds. The molecule has 0 radical (unpaired) electrons. The molecule has 98 valence electrons. The van der Waals surface area contributed by atoms with Gasteiger partial charge in [0.15, 0.2) is 0 Å². The summed E-state index contributed by atoms with van der Waals surface area (Å²) < 4.78 is 10.7. The molecule has 1 saturated heterocycles. The summed E-state index contributed by atoms with van der Waals surface area (Å²) in [6.07, 6.45) is 0.646. The molecule has 19 heavy (non-hydrogen) atoms. The number of rotatable bonds is 2.